The van der Waals surface area contributed by atoms with Crippen LogP contribution in [0.15, 0.2) is 4.99 Å². The van der Waals surface area contributed by atoms with Crippen molar-refractivity contribution < 1.29 is 9.47 Å². The van der Waals surface area contributed by atoms with Crippen molar-refractivity contribution in [2.45, 2.75) is 33.1 Å². The van der Waals surface area contributed by atoms with Crippen LogP contribution in [0.3, 0.4) is 0 Å². The number of ether oxygens (including phenoxy) is 2. The number of nitrogens with zero attached hydrogens (tertiary/aromatic N) is 1. The first-order chi connectivity index (χ1) is 8.85. The normalized spacial score (nSPS) is 11.6. The van der Waals surface area contributed by atoms with Crippen LogP contribution < -0.4 is 10.6 Å². The van der Waals surface area contributed by atoms with Crippen molar-refractivity contribution in [2.75, 3.05) is 46.6 Å². The summed E-state index contributed by atoms with van der Waals surface area (Å²) in [6.07, 6.45) is 3.39. The first-order valence-electron chi connectivity index (χ1n) is 6.95. The lowest BCUT2D eigenvalue weighted by Gasteiger charge is -2.11. The van der Waals surface area contributed by atoms with E-state index in [9.17, 15) is 0 Å². The second-order valence-electron chi connectivity index (χ2n) is 4.00. The number of guanidine groups is 1. The Morgan fingerprint density at radius 1 is 0.889 bits per heavy atom. The summed E-state index contributed by atoms with van der Waals surface area (Å²) in [6.45, 7) is 8.84. The third-order valence-electron chi connectivity index (χ3n) is 2.32. The molecule has 0 aromatic heterocycles. The zero-order valence-electron chi connectivity index (χ0n) is 12.1. The Balaban J connectivity index is 3.23. The van der Waals surface area contributed by atoms with Crippen molar-refractivity contribution in [1.82, 2.24) is 10.6 Å². The van der Waals surface area contributed by atoms with Crippen LogP contribution in [-0.2, 0) is 9.47 Å². The Morgan fingerprint density at radius 2 is 1.56 bits per heavy atom. The van der Waals surface area contributed by atoms with Gasteiger partial charge in [0.15, 0.2) is 5.96 Å². The minimum absolute atomic E-state index is 0.659. The second kappa shape index (κ2) is 14.3. The molecule has 0 saturated carbocycles. The van der Waals surface area contributed by atoms with Crippen LogP contribution in [0.4, 0.5) is 0 Å². The number of aliphatic imine (C=N–C) groups is 1. The first kappa shape index (κ1) is 17.2. The Morgan fingerprint density at radius 3 is 2.17 bits per heavy atom. The second-order valence-corrected chi connectivity index (χ2v) is 4.00. The fourth-order valence-corrected chi connectivity index (χ4v) is 1.27. The maximum Gasteiger partial charge on any atom is 0.191 e. The monoisotopic (exact) mass is 259 g/mol. The molecule has 0 bridgehead atoms. The van der Waals surface area contributed by atoms with E-state index in [1.807, 2.05) is 0 Å². The van der Waals surface area contributed by atoms with E-state index < -0.39 is 0 Å². The summed E-state index contributed by atoms with van der Waals surface area (Å²) < 4.78 is 10.8. The molecule has 0 aliphatic heterocycles. The molecule has 0 spiro atoms. The molecule has 108 valence electrons. The SMILES string of the molecule is CCCCOCCOCCNC(=NC)NCCC. The minimum atomic E-state index is 0.659. The Hall–Kier alpha value is -0.810. The smallest absolute Gasteiger partial charge is 0.191 e. The first-order valence-corrected chi connectivity index (χ1v) is 6.95. The lowest BCUT2D eigenvalue weighted by molar-refractivity contribution is 0.0487. The van der Waals surface area contributed by atoms with Gasteiger partial charge in [0, 0.05) is 26.7 Å². The predicted octanol–water partition coefficient (Wildman–Crippen LogP) is 1.39. The molecule has 0 aliphatic carbocycles. The molecule has 0 radical (unpaired) electrons. The Kier molecular flexibility index (Phi) is 13.6. The highest BCUT2D eigenvalue weighted by atomic mass is 16.5. The summed E-state index contributed by atoms with van der Waals surface area (Å²) in [4.78, 5) is 4.11. The molecule has 0 unspecified atom stereocenters. The fourth-order valence-electron chi connectivity index (χ4n) is 1.27. The summed E-state index contributed by atoms with van der Waals surface area (Å²) in [5.41, 5.74) is 0. The van der Waals surface area contributed by atoms with Gasteiger partial charge in [0.05, 0.1) is 19.8 Å². The van der Waals surface area contributed by atoms with Gasteiger partial charge in [-0.15, -0.1) is 0 Å². The van der Waals surface area contributed by atoms with E-state index in [-0.39, 0.29) is 0 Å². The predicted molar refractivity (Wildman–Crippen MR) is 76.2 cm³/mol. The van der Waals surface area contributed by atoms with Gasteiger partial charge in [-0.2, -0.15) is 0 Å². The van der Waals surface area contributed by atoms with E-state index in [2.05, 4.69) is 29.5 Å². The van der Waals surface area contributed by atoms with Gasteiger partial charge < -0.3 is 20.1 Å². The van der Waals surface area contributed by atoms with Crippen molar-refractivity contribution >= 4 is 5.96 Å². The van der Waals surface area contributed by atoms with E-state index in [0.717, 1.165) is 38.5 Å². The molecular formula is C13H29N3O2. The average Bonchev–Trinajstić information content (AvgIpc) is 2.40. The number of nitrogens with one attached hydrogen (secondary N) is 2. The van der Waals surface area contributed by atoms with Crippen molar-refractivity contribution in [2.24, 2.45) is 4.99 Å². The van der Waals surface area contributed by atoms with Crippen LogP contribution in [0.2, 0.25) is 0 Å². The van der Waals surface area contributed by atoms with Crippen molar-refractivity contribution in [1.29, 1.82) is 0 Å². The zero-order valence-corrected chi connectivity index (χ0v) is 12.1. The van der Waals surface area contributed by atoms with E-state index in [1.165, 1.54) is 6.42 Å². The Bertz CT molecular complexity index is 199. The largest absolute Gasteiger partial charge is 0.379 e. The topological polar surface area (TPSA) is 54.9 Å². The third-order valence-corrected chi connectivity index (χ3v) is 2.32. The molecule has 0 heterocycles. The summed E-state index contributed by atoms with van der Waals surface area (Å²) >= 11 is 0. The summed E-state index contributed by atoms with van der Waals surface area (Å²) in [5.74, 6) is 0.833. The van der Waals surface area contributed by atoms with Gasteiger partial charge in [0.25, 0.3) is 0 Å². The standard InChI is InChI=1S/C13H29N3O2/c1-4-6-9-17-11-12-18-10-8-16-13(14-3)15-7-5-2/h4-12H2,1-3H3,(H2,14,15,16). The van der Waals surface area contributed by atoms with Gasteiger partial charge >= 0.3 is 0 Å². The lowest BCUT2D eigenvalue weighted by Crippen LogP contribution is -2.39. The number of hydrogen-bond acceptors (Lipinski definition) is 3. The van der Waals surface area contributed by atoms with E-state index in [0.29, 0.717) is 19.8 Å². The van der Waals surface area contributed by atoms with E-state index >= 15 is 0 Å². The molecule has 0 rings (SSSR count). The molecule has 0 saturated heterocycles. The van der Waals surface area contributed by atoms with Gasteiger partial charge in [0.2, 0.25) is 0 Å². The number of unbranched alkanes of at least 4 members (excludes halogenated alkanes) is 1. The number of hydrogen-bond donors (Lipinski definition) is 2. The minimum Gasteiger partial charge on any atom is -0.379 e. The summed E-state index contributed by atoms with van der Waals surface area (Å²) in [7, 11) is 1.77. The summed E-state index contributed by atoms with van der Waals surface area (Å²) in [5, 5.41) is 6.39. The fraction of sp³-hybridized carbons (Fsp3) is 0.923. The number of rotatable bonds is 11. The quantitative estimate of drug-likeness (QED) is 0.334. The molecule has 2 N–H and O–H groups in total. The highest BCUT2D eigenvalue weighted by Crippen LogP contribution is 1.87. The van der Waals surface area contributed by atoms with Crippen LogP contribution >= 0.6 is 0 Å². The molecule has 0 aliphatic rings. The maximum atomic E-state index is 5.44. The van der Waals surface area contributed by atoms with Crippen molar-refractivity contribution in [3.05, 3.63) is 0 Å². The highest BCUT2D eigenvalue weighted by molar-refractivity contribution is 5.79. The Labute approximate surface area is 111 Å². The molecule has 5 heteroatoms. The molecule has 0 aromatic rings. The van der Waals surface area contributed by atoms with Gasteiger partial charge in [-0.25, -0.2) is 0 Å². The molecule has 5 nitrogen and oxygen atoms in total. The molecule has 0 aromatic carbocycles. The van der Waals surface area contributed by atoms with Gasteiger partial charge in [0.1, 0.15) is 0 Å². The van der Waals surface area contributed by atoms with Crippen LogP contribution in [0.5, 0.6) is 0 Å². The lowest BCUT2D eigenvalue weighted by atomic mass is 10.4. The van der Waals surface area contributed by atoms with Gasteiger partial charge in [-0.3, -0.25) is 4.99 Å². The molecule has 0 fully saturated rings. The third kappa shape index (κ3) is 11.7. The average molecular weight is 259 g/mol. The van der Waals surface area contributed by atoms with Crippen LogP contribution in [0.1, 0.15) is 33.1 Å². The van der Waals surface area contributed by atoms with E-state index in [4.69, 9.17) is 9.47 Å². The van der Waals surface area contributed by atoms with Crippen molar-refractivity contribution in [3.8, 4) is 0 Å². The van der Waals surface area contributed by atoms with E-state index in [1.54, 1.807) is 7.05 Å². The van der Waals surface area contributed by atoms with Crippen LogP contribution in [0, 0.1) is 0 Å². The molecule has 0 amide bonds. The van der Waals surface area contributed by atoms with Crippen LogP contribution in [-0.4, -0.2) is 52.5 Å². The van der Waals surface area contributed by atoms with Crippen molar-refractivity contribution in [3.63, 3.8) is 0 Å². The summed E-state index contributed by atoms with van der Waals surface area (Å²) in [6, 6.07) is 0. The molecule has 0 atom stereocenters. The van der Waals surface area contributed by atoms with Crippen LogP contribution in [0.25, 0.3) is 0 Å². The van der Waals surface area contributed by atoms with Gasteiger partial charge in [-0.05, 0) is 12.8 Å². The maximum absolute atomic E-state index is 5.44. The van der Waals surface area contributed by atoms with Gasteiger partial charge in [-0.1, -0.05) is 20.3 Å². The molecular weight excluding hydrogens is 230 g/mol. The highest BCUT2D eigenvalue weighted by Gasteiger charge is 1.95. The zero-order chi connectivity index (χ0) is 13.5. The molecule has 18 heavy (non-hydrogen) atoms.